The summed E-state index contributed by atoms with van der Waals surface area (Å²) in [5.74, 6) is 1.13. The molecule has 0 saturated carbocycles. The van der Waals surface area contributed by atoms with Gasteiger partial charge in [0.1, 0.15) is 18.3 Å². The van der Waals surface area contributed by atoms with Crippen molar-refractivity contribution in [3.63, 3.8) is 0 Å². The van der Waals surface area contributed by atoms with E-state index < -0.39 is 12.6 Å². The highest BCUT2D eigenvalue weighted by Crippen LogP contribution is 2.38. The van der Waals surface area contributed by atoms with Gasteiger partial charge in [0.05, 0.1) is 5.56 Å². The number of aromatic nitrogens is 3. The zero-order valence-corrected chi connectivity index (χ0v) is 16.5. The second-order valence-electron chi connectivity index (χ2n) is 6.62. The summed E-state index contributed by atoms with van der Waals surface area (Å²) in [6.07, 6.45) is 2.22. The molecule has 0 bridgehead atoms. The van der Waals surface area contributed by atoms with Crippen molar-refractivity contribution in [2.24, 2.45) is 0 Å². The maximum Gasteiger partial charge on any atom is 0.270 e. The number of rotatable bonds is 5. The zero-order valence-electron chi connectivity index (χ0n) is 15.6. The number of hydrogen-bond donors (Lipinski definition) is 2. The fraction of sp³-hybridized carbons (Fsp3) is 0.143. The molecule has 152 valence electrons. The van der Waals surface area contributed by atoms with Gasteiger partial charge in [0, 0.05) is 6.42 Å². The first-order valence-electron chi connectivity index (χ1n) is 9.20. The minimum atomic E-state index is -0.796. The normalized spacial score (nSPS) is 19.9. The zero-order chi connectivity index (χ0) is 20.5. The third kappa shape index (κ3) is 3.43. The van der Waals surface area contributed by atoms with E-state index in [1.807, 2.05) is 30.3 Å². The molecule has 0 spiro atoms. The molecule has 3 heterocycles. The van der Waals surface area contributed by atoms with E-state index >= 15 is 0 Å². The number of para-hydroxylation sites is 1. The maximum atomic E-state index is 10.0. The number of thiol groups is 1. The minimum Gasteiger partial charge on any atom is -0.507 e. The number of phenolic OH excluding ortho intramolecular Hbond substituents is 1. The van der Waals surface area contributed by atoms with Crippen LogP contribution < -0.4 is 0 Å². The molecule has 3 aromatic rings. The van der Waals surface area contributed by atoms with E-state index in [9.17, 15) is 5.11 Å². The van der Waals surface area contributed by atoms with Crippen molar-refractivity contribution in [2.75, 3.05) is 0 Å². The van der Waals surface area contributed by atoms with Gasteiger partial charge in [-0.2, -0.15) is 0 Å². The van der Waals surface area contributed by atoms with Crippen LogP contribution in [0.25, 0.3) is 11.6 Å². The molecule has 1 aromatic heterocycles. The first kappa shape index (κ1) is 18.4. The van der Waals surface area contributed by atoms with Crippen LogP contribution >= 0.6 is 12.6 Å². The number of nitrogens with zero attached hydrogens (tertiary/aromatic N) is 3. The van der Waals surface area contributed by atoms with Crippen molar-refractivity contribution >= 4 is 24.3 Å². The van der Waals surface area contributed by atoms with Gasteiger partial charge in [-0.3, -0.25) is 0 Å². The molecule has 2 atom stereocenters. The molecular weight excluding hydrogens is 406 g/mol. The Kier molecular flexibility index (Phi) is 4.72. The lowest BCUT2D eigenvalue weighted by molar-refractivity contribution is -0.0207. The number of ether oxygens (including phenoxy) is 4. The Hall–Kier alpha value is -3.59. The minimum absolute atomic E-state index is 0.0764. The van der Waals surface area contributed by atoms with E-state index in [1.165, 1.54) is 12.5 Å². The van der Waals surface area contributed by atoms with Gasteiger partial charge < -0.3 is 24.1 Å². The first-order valence-corrected chi connectivity index (χ1v) is 9.65. The van der Waals surface area contributed by atoms with E-state index in [0.29, 0.717) is 34.6 Å². The van der Waals surface area contributed by atoms with Crippen LogP contribution in [-0.2, 0) is 25.4 Å². The maximum absolute atomic E-state index is 10.0. The predicted molar refractivity (Wildman–Crippen MR) is 109 cm³/mol. The van der Waals surface area contributed by atoms with Crippen LogP contribution in [0.5, 0.6) is 5.75 Å². The fourth-order valence-corrected chi connectivity index (χ4v) is 3.43. The highest BCUT2D eigenvalue weighted by Gasteiger charge is 2.32. The molecule has 30 heavy (non-hydrogen) atoms. The molecule has 0 aliphatic carbocycles. The Morgan fingerprint density at radius 1 is 0.933 bits per heavy atom. The molecule has 8 nitrogen and oxygen atoms in total. The van der Waals surface area contributed by atoms with Crippen LogP contribution in [0.3, 0.4) is 0 Å². The van der Waals surface area contributed by atoms with Gasteiger partial charge in [-0.15, -0.1) is 22.8 Å². The van der Waals surface area contributed by atoms with Crippen LogP contribution in [0.2, 0.25) is 0 Å². The average Bonchev–Trinajstić information content (AvgIpc) is 3.49. The monoisotopic (exact) mass is 423 g/mol. The predicted octanol–water partition coefficient (Wildman–Crippen LogP) is 3.69. The molecule has 2 aliphatic rings. The third-order valence-corrected chi connectivity index (χ3v) is 4.92. The molecule has 1 N–H and O–H groups in total. The average molecular weight is 423 g/mol. The van der Waals surface area contributed by atoms with E-state index in [-0.39, 0.29) is 5.75 Å². The summed E-state index contributed by atoms with van der Waals surface area (Å²) in [6, 6.07) is 16.7. The Morgan fingerprint density at radius 3 is 2.57 bits per heavy atom. The van der Waals surface area contributed by atoms with Crippen molar-refractivity contribution in [3.8, 4) is 5.75 Å². The molecule has 5 rings (SSSR count). The summed E-state index contributed by atoms with van der Waals surface area (Å²) in [6.45, 7) is 0. The van der Waals surface area contributed by atoms with Gasteiger partial charge in [0.15, 0.2) is 5.16 Å². The van der Waals surface area contributed by atoms with Crippen LogP contribution in [0, 0.1) is 0 Å². The third-order valence-electron chi connectivity index (χ3n) is 4.63. The standard InChI is InChI=1S/C21H17N3O5S/c25-15-9-5-4-8-14(15)20-27-11-16(28-20)19-22-23-21(30)24(19)17-12-26-18(29-17)10-13-6-2-1-3-7-13/h1-9,11-12,18,20,25H,10H2,(H,23,30). The summed E-state index contributed by atoms with van der Waals surface area (Å²) >= 11 is 4.37. The lowest BCUT2D eigenvalue weighted by atomic mass is 10.1. The number of aromatic hydroxyl groups is 1. The van der Waals surface area contributed by atoms with Gasteiger partial charge in [0.25, 0.3) is 6.29 Å². The van der Waals surface area contributed by atoms with E-state index in [0.717, 1.165) is 5.56 Å². The second kappa shape index (κ2) is 7.68. The Balaban J connectivity index is 1.33. The van der Waals surface area contributed by atoms with E-state index in [1.54, 1.807) is 28.8 Å². The molecule has 2 aromatic carbocycles. The van der Waals surface area contributed by atoms with Gasteiger partial charge >= 0.3 is 0 Å². The van der Waals surface area contributed by atoms with E-state index in [4.69, 9.17) is 18.9 Å². The highest BCUT2D eigenvalue weighted by molar-refractivity contribution is 7.80. The molecule has 0 amide bonds. The first-order chi connectivity index (χ1) is 14.7. The molecule has 0 fully saturated rings. The number of benzene rings is 2. The molecule has 9 heteroatoms. The van der Waals surface area contributed by atoms with Crippen molar-refractivity contribution in [1.29, 1.82) is 0 Å². The molecule has 2 unspecified atom stereocenters. The number of hydrogen-bond acceptors (Lipinski definition) is 8. The SMILES string of the molecule is Oc1ccccc1C1OC=C(c2nnc(S)n2C2=COC(Cc3ccccc3)O2)O1. The lowest BCUT2D eigenvalue weighted by Crippen LogP contribution is -2.14. The van der Waals surface area contributed by atoms with Gasteiger partial charge in [-0.05, 0) is 17.7 Å². The molecule has 0 radical (unpaired) electrons. The van der Waals surface area contributed by atoms with E-state index in [2.05, 4.69) is 22.8 Å². The topological polar surface area (TPSA) is 87.9 Å². The molecule has 0 saturated heterocycles. The Morgan fingerprint density at radius 2 is 1.73 bits per heavy atom. The number of phenols is 1. The smallest absolute Gasteiger partial charge is 0.270 e. The highest BCUT2D eigenvalue weighted by atomic mass is 32.1. The van der Waals surface area contributed by atoms with Crippen LogP contribution in [-0.4, -0.2) is 26.2 Å². The lowest BCUT2D eigenvalue weighted by Gasteiger charge is -2.14. The van der Waals surface area contributed by atoms with Crippen LogP contribution in [0.4, 0.5) is 0 Å². The van der Waals surface area contributed by atoms with Crippen LogP contribution in [0.15, 0.2) is 72.3 Å². The van der Waals surface area contributed by atoms with Crippen molar-refractivity contribution in [1.82, 2.24) is 14.8 Å². The Bertz CT molecular complexity index is 1130. The quantitative estimate of drug-likeness (QED) is 0.605. The van der Waals surface area contributed by atoms with Crippen LogP contribution in [0.1, 0.15) is 23.2 Å². The van der Waals surface area contributed by atoms with Crippen molar-refractivity contribution in [2.45, 2.75) is 24.2 Å². The van der Waals surface area contributed by atoms with Gasteiger partial charge in [-0.1, -0.05) is 42.5 Å². The molecular formula is C21H17N3O5S. The van der Waals surface area contributed by atoms with Crippen molar-refractivity contribution in [3.05, 3.63) is 84.1 Å². The summed E-state index contributed by atoms with van der Waals surface area (Å²) in [5.41, 5.74) is 1.59. The second-order valence-corrected chi connectivity index (χ2v) is 7.02. The molecule has 2 aliphatic heterocycles. The van der Waals surface area contributed by atoms with Gasteiger partial charge in [0.2, 0.25) is 23.8 Å². The summed E-state index contributed by atoms with van der Waals surface area (Å²) in [4.78, 5) is 0. The Labute approximate surface area is 177 Å². The summed E-state index contributed by atoms with van der Waals surface area (Å²) < 4.78 is 24.6. The summed E-state index contributed by atoms with van der Waals surface area (Å²) in [7, 11) is 0. The van der Waals surface area contributed by atoms with Crippen molar-refractivity contribution < 1.29 is 24.1 Å². The largest absolute Gasteiger partial charge is 0.507 e. The fourth-order valence-electron chi connectivity index (χ4n) is 3.19. The summed E-state index contributed by atoms with van der Waals surface area (Å²) in [5, 5.41) is 18.5. The van der Waals surface area contributed by atoms with Gasteiger partial charge in [-0.25, -0.2) is 4.57 Å².